The van der Waals surface area contributed by atoms with Gasteiger partial charge in [-0.25, -0.2) is 5.84 Å². The predicted molar refractivity (Wildman–Crippen MR) is 61.2 cm³/mol. The van der Waals surface area contributed by atoms with Gasteiger partial charge in [-0.15, -0.1) is 11.3 Å². The Labute approximate surface area is 93.0 Å². The van der Waals surface area contributed by atoms with E-state index in [1.165, 1.54) is 11.3 Å². The van der Waals surface area contributed by atoms with Crippen LogP contribution in [0.4, 0.5) is 0 Å². The molecule has 5 heteroatoms. The molecule has 14 heavy (non-hydrogen) atoms. The molecule has 0 saturated carbocycles. The van der Waals surface area contributed by atoms with Crippen molar-refractivity contribution in [1.29, 1.82) is 0 Å². The highest BCUT2D eigenvalue weighted by atomic mass is 79.9. The largest absolute Gasteiger partial charge is 0.289 e. The molecule has 1 aromatic carbocycles. The zero-order valence-corrected chi connectivity index (χ0v) is 9.48. The van der Waals surface area contributed by atoms with Crippen LogP contribution in [0.25, 0.3) is 10.1 Å². The highest BCUT2D eigenvalue weighted by Crippen LogP contribution is 2.27. The number of nitrogens with one attached hydrogen (secondary N) is 1. The van der Waals surface area contributed by atoms with Crippen LogP contribution in [-0.4, -0.2) is 5.91 Å². The summed E-state index contributed by atoms with van der Waals surface area (Å²) < 4.78 is 2.08. The van der Waals surface area contributed by atoms with Gasteiger partial charge in [-0.1, -0.05) is 15.9 Å². The van der Waals surface area contributed by atoms with E-state index in [2.05, 4.69) is 21.4 Å². The molecule has 0 unspecified atom stereocenters. The molecule has 1 heterocycles. The molecule has 0 atom stereocenters. The SMILES string of the molecule is NNC(=O)c1cc2cc(Br)ccc2s1. The number of nitrogens with two attached hydrogens (primary N) is 1. The van der Waals surface area contributed by atoms with Crippen molar-refractivity contribution in [3.05, 3.63) is 33.6 Å². The van der Waals surface area contributed by atoms with E-state index in [9.17, 15) is 4.79 Å². The maximum absolute atomic E-state index is 11.2. The molecule has 3 nitrogen and oxygen atoms in total. The first-order valence-electron chi connectivity index (χ1n) is 3.91. The maximum Gasteiger partial charge on any atom is 0.275 e. The van der Waals surface area contributed by atoms with Gasteiger partial charge < -0.3 is 0 Å². The fraction of sp³-hybridized carbons (Fsp3) is 0. The minimum absolute atomic E-state index is 0.248. The summed E-state index contributed by atoms with van der Waals surface area (Å²) in [6.45, 7) is 0. The molecular formula is C9H7BrN2OS. The standard InChI is InChI=1S/C9H7BrN2OS/c10-6-1-2-7-5(3-6)4-8(14-7)9(13)12-11/h1-4H,11H2,(H,12,13). The van der Waals surface area contributed by atoms with Crippen LogP contribution in [0.3, 0.4) is 0 Å². The first-order chi connectivity index (χ1) is 6.70. The third-order valence-electron chi connectivity index (χ3n) is 1.83. The Bertz CT molecular complexity index is 495. The average molecular weight is 271 g/mol. The van der Waals surface area contributed by atoms with E-state index >= 15 is 0 Å². The van der Waals surface area contributed by atoms with Crippen LogP contribution in [0.5, 0.6) is 0 Å². The summed E-state index contributed by atoms with van der Waals surface area (Å²) in [6.07, 6.45) is 0. The smallest absolute Gasteiger partial charge is 0.275 e. The number of halogens is 1. The molecule has 0 aliphatic rings. The lowest BCUT2D eigenvalue weighted by molar-refractivity contribution is 0.0958. The lowest BCUT2D eigenvalue weighted by atomic mass is 10.2. The summed E-state index contributed by atoms with van der Waals surface area (Å²) in [4.78, 5) is 11.9. The van der Waals surface area contributed by atoms with Crippen molar-refractivity contribution < 1.29 is 4.79 Å². The van der Waals surface area contributed by atoms with Crippen LogP contribution in [0.2, 0.25) is 0 Å². The second-order valence-electron chi connectivity index (χ2n) is 2.77. The lowest BCUT2D eigenvalue weighted by Gasteiger charge is -1.90. The number of carbonyl (C=O) groups excluding carboxylic acids is 1. The first kappa shape index (κ1) is 9.64. The molecule has 0 bridgehead atoms. The van der Waals surface area contributed by atoms with Gasteiger partial charge in [0.25, 0.3) is 5.91 Å². The molecule has 2 aromatic rings. The van der Waals surface area contributed by atoms with Gasteiger partial charge in [-0.05, 0) is 29.7 Å². The Balaban J connectivity index is 2.56. The van der Waals surface area contributed by atoms with E-state index in [4.69, 9.17) is 5.84 Å². The number of amides is 1. The third kappa shape index (κ3) is 1.66. The number of nitrogen functional groups attached to an aromatic ring is 1. The minimum Gasteiger partial charge on any atom is -0.289 e. The summed E-state index contributed by atoms with van der Waals surface area (Å²) >= 11 is 4.80. The summed E-state index contributed by atoms with van der Waals surface area (Å²) in [7, 11) is 0. The topological polar surface area (TPSA) is 55.1 Å². The lowest BCUT2D eigenvalue weighted by Crippen LogP contribution is -2.29. The van der Waals surface area contributed by atoms with Crippen LogP contribution in [-0.2, 0) is 0 Å². The quantitative estimate of drug-likeness (QED) is 0.475. The molecule has 0 saturated heterocycles. The highest BCUT2D eigenvalue weighted by Gasteiger charge is 2.08. The van der Waals surface area contributed by atoms with Gasteiger partial charge in [0.05, 0.1) is 4.88 Å². The predicted octanol–water partition coefficient (Wildman–Crippen LogP) is 2.27. The Morgan fingerprint density at radius 1 is 1.43 bits per heavy atom. The zero-order valence-electron chi connectivity index (χ0n) is 7.08. The molecule has 72 valence electrons. The first-order valence-corrected chi connectivity index (χ1v) is 5.51. The normalized spacial score (nSPS) is 10.4. The monoisotopic (exact) mass is 270 g/mol. The molecular weight excluding hydrogens is 264 g/mol. The second-order valence-corrected chi connectivity index (χ2v) is 4.77. The zero-order chi connectivity index (χ0) is 10.1. The van der Waals surface area contributed by atoms with Crippen LogP contribution >= 0.6 is 27.3 Å². The Morgan fingerprint density at radius 2 is 2.21 bits per heavy atom. The van der Waals surface area contributed by atoms with Crippen molar-refractivity contribution in [1.82, 2.24) is 5.43 Å². The number of rotatable bonds is 1. The molecule has 1 aromatic heterocycles. The summed E-state index contributed by atoms with van der Waals surface area (Å²) in [6, 6.07) is 7.71. The molecule has 0 fully saturated rings. The molecule has 0 aliphatic carbocycles. The minimum atomic E-state index is -0.248. The number of thiophene rings is 1. The van der Waals surface area contributed by atoms with Gasteiger partial charge >= 0.3 is 0 Å². The molecule has 0 aliphatic heterocycles. The summed E-state index contributed by atoms with van der Waals surface area (Å²) in [5.41, 5.74) is 2.12. The number of benzene rings is 1. The van der Waals surface area contributed by atoms with E-state index in [1.807, 2.05) is 24.3 Å². The Hall–Kier alpha value is -0.910. The third-order valence-corrected chi connectivity index (χ3v) is 3.44. The van der Waals surface area contributed by atoms with Crippen LogP contribution in [0.15, 0.2) is 28.7 Å². The van der Waals surface area contributed by atoms with Crippen molar-refractivity contribution in [2.24, 2.45) is 5.84 Å². The Morgan fingerprint density at radius 3 is 2.93 bits per heavy atom. The van der Waals surface area contributed by atoms with E-state index in [0.717, 1.165) is 14.6 Å². The molecule has 2 rings (SSSR count). The van der Waals surface area contributed by atoms with Gasteiger partial charge in [-0.2, -0.15) is 0 Å². The fourth-order valence-corrected chi connectivity index (χ4v) is 2.52. The molecule has 3 N–H and O–H groups in total. The molecule has 0 spiro atoms. The number of hydrogen-bond acceptors (Lipinski definition) is 3. The van der Waals surface area contributed by atoms with Crippen molar-refractivity contribution in [2.75, 3.05) is 0 Å². The maximum atomic E-state index is 11.2. The van der Waals surface area contributed by atoms with Crippen molar-refractivity contribution in [3.8, 4) is 0 Å². The van der Waals surface area contributed by atoms with E-state index in [0.29, 0.717) is 4.88 Å². The van der Waals surface area contributed by atoms with Crippen LogP contribution in [0, 0.1) is 0 Å². The van der Waals surface area contributed by atoms with Gasteiger partial charge in [0, 0.05) is 9.17 Å². The van der Waals surface area contributed by atoms with Gasteiger partial charge in [0.2, 0.25) is 0 Å². The highest BCUT2D eigenvalue weighted by molar-refractivity contribution is 9.10. The number of fused-ring (bicyclic) bond motifs is 1. The molecule has 0 radical (unpaired) electrons. The summed E-state index contributed by atoms with van der Waals surface area (Å²) in [5.74, 6) is 4.81. The van der Waals surface area contributed by atoms with Gasteiger partial charge in [0.1, 0.15) is 0 Å². The Kier molecular flexibility index (Phi) is 2.54. The summed E-state index contributed by atoms with van der Waals surface area (Å²) in [5, 5.41) is 1.04. The van der Waals surface area contributed by atoms with Crippen molar-refractivity contribution in [2.45, 2.75) is 0 Å². The van der Waals surface area contributed by atoms with Gasteiger partial charge in [0.15, 0.2) is 0 Å². The number of hydrazine groups is 1. The van der Waals surface area contributed by atoms with Crippen molar-refractivity contribution in [3.63, 3.8) is 0 Å². The van der Waals surface area contributed by atoms with Crippen molar-refractivity contribution >= 4 is 43.3 Å². The van der Waals surface area contributed by atoms with Gasteiger partial charge in [-0.3, -0.25) is 10.2 Å². The second kappa shape index (κ2) is 3.68. The average Bonchev–Trinajstić information content (AvgIpc) is 2.59. The number of hydrogen-bond donors (Lipinski definition) is 2. The van der Waals surface area contributed by atoms with E-state index < -0.39 is 0 Å². The fourth-order valence-electron chi connectivity index (χ4n) is 1.20. The van der Waals surface area contributed by atoms with Crippen LogP contribution in [0.1, 0.15) is 9.67 Å². The van der Waals surface area contributed by atoms with E-state index in [-0.39, 0.29) is 5.91 Å². The number of carbonyl (C=O) groups is 1. The van der Waals surface area contributed by atoms with Crippen LogP contribution < -0.4 is 11.3 Å². The van der Waals surface area contributed by atoms with E-state index in [1.54, 1.807) is 0 Å². The molecule has 1 amide bonds.